The second-order valence-corrected chi connectivity index (χ2v) is 6.07. The van der Waals surface area contributed by atoms with Gasteiger partial charge in [-0.1, -0.05) is 30.3 Å². The number of anilines is 1. The van der Waals surface area contributed by atoms with E-state index in [0.717, 1.165) is 12.1 Å². The Hall–Kier alpha value is -2.53. The number of carbonyl (C=O) groups is 1. The molecule has 0 bridgehead atoms. The second-order valence-electron chi connectivity index (χ2n) is 6.07. The molecule has 1 N–H and O–H groups in total. The smallest absolute Gasteiger partial charge is 0.321 e. The zero-order valence-corrected chi connectivity index (χ0v) is 14.7. The minimum atomic E-state index is -0.152. The van der Waals surface area contributed by atoms with Crippen LogP contribution < -0.4 is 10.1 Å². The SMILES string of the molecule is COc1cccc(NC(=O)N(C)Cc2ccc(CN(C)C)cc2)c1. The quantitative estimate of drug-likeness (QED) is 0.884. The van der Waals surface area contributed by atoms with E-state index in [2.05, 4.69) is 34.5 Å². The predicted octanol–water partition coefficient (Wildman–Crippen LogP) is 3.42. The number of rotatable bonds is 6. The Balaban J connectivity index is 1.93. The lowest BCUT2D eigenvalue weighted by Crippen LogP contribution is -2.30. The standard InChI is InChI=1S/C19H25N3O2/c1-21(2)13-15-8-10-16(11-9-15)14-22(3)19(23)20-17-6-5-7-18(12-17)24-4/h5-12H,13-14H2,1-4H3,(H,20,23). The van der Waals surface area contributed by atoms with Crippen LogP contribution in [0.4, 0.5) is 10.5 Å². The van der Waals surface area contributed by atoms with Crippen LogP contribution in [0.5, 0.6) is 5.75 Å². The Morgan fingerprint density at radius 3 is 2.21 bits per heavy atom. The van der Waals surface area contributed by atoms with Crippen molar-refractivity contribution in [2.45, 2.75) is 13.1 Å². The number of hydrogen-bond acceptors (Lipinski definition) is 3. The second kappa shape index (κ2) is 8.36. The number of methoxy groups -OCH3 is 1. The molecule has 0 saturated heterocycles. The van der Waals surface area contributed by atoms with E-state index in [1.165, 1.54) is 5.56 Å². The van der Waals surface area contributed by atoms with E-state index in [4.69, 9.17) is 4.74 Å². The molecule has 0 spiro atoms. The Morgan fingerprint density at radius 1 is 1.00 bits per heavy atom. The van der Waals surface area contributed by atoms with Crippen molar-refractivity contribution in [3.05, 3.63) is 59.7 Å². The molecule has 0 aliphatic rings. The average Bonchev–Trinajstić information content (AvgIpc) is 2.56. The molecule has 2 aromatic rings. The largest absolute Gasteiger partial charge is 0.497 e. The molecular weight excluding hydrogens is 302 g/mol. The highest BCUT2D eigenvalue weighted by atomic mass is 16.5. The van der Waals surface area contributed by atoms with E-state index in [9.17, 15) is 4.79 Å². The van der Waals surface area contributed by atoms with Gasteiger partial charge >= 0.3 is 6.03 Å². The van der Waals surface area contributed by atoms with Crippen LogP contribution in [0.25, 0.3) is 0 Å². The van der Waals surface area contributed by atoms with Crippen LogP contribution in [0.2, 0.25) is 0 Å². The zero-order valence-electron chi connectivity index (χ0n) is 14.7. The molecule has 0 unspecified atom stereocenters. The van der Waals surface area contributed by atoms with Gasteiger partial charge < -0.3 is 19.9 Å². The molecule has 0 heterocycles. The highest BCUT2D eigenvalue weighted by molar-refractivity contribution is 5.89. The summed E-state index contributed by atoms with van der Waals surface area (Å²) in [6.45, 7) is 1.46. The van der Waals surface area contributed by atoms with Gasteiger partial charge in [0.25, 0.3) is 0 Å². The minimum absolute atomic E-state index is 0.152. The molecular formula is C19H25N3O2. The third-order valence-corrected chi connectivity index (χ3v) is 3.61. The van der Waals surface area contributed by atoms with Crippen molar-refractivity contribution in [2.75, 3.05) is 33.6 Å². The van der Waals surface area contributed by atoms with Gasteiger partial charge in [-0.3, -0.25) is 0 Å². The van der Waals surface area contributed by atoms with Crippen LogP contribution in [0, 0.1) is 0 Å². The van der Waals surface area contributed by atoms with Crippen LogP contribution >= 0.6 is 0 Å². The van der Waals surface area contributed by atoms with Crippen molar-refractivity contribution in [1.82, 2.24) is 9.80 Å². The van der Waals surface area contributed by atoms with Gasteiger partial charge in [0.2, 0.25) is 0 Å². The van der Waals surface area contributed by atoms with Crippen LogP contribution in [-0.4, -0.2) is 44.1 Å². The minimum Gasteiger partial charge on any atom is -0.497 e. The summed E-state index contributed by atoms with van der Waals surface area (Å²) in [6.07, 6.45) is 0. The topological polar surface area (TPSA) is 44.8 Å². The van der Waals surface area contributed by atoms with Crippen molar-refractivity contribution < 1.29 is 9.53 Å². The molecule has 0 atom stereocenters. The zero-order chi connectivity index (χ0) is 17.5. The summed E-state index contributed by atoms with van der Waals surface area (Å²) in [6, 6.07) is 15.5. The lowest BCUT2D eigenvalue weighted by molar-refractivity contribution is 0.220. The fourth-order valence-corrected chi connectivity index (χ4v) is 2.38. The van der Waals surface area contributed by atoms with Gasteiger partial charge in [-0.05, 0) is 37.4 Å². The first-order chi connectivity index (χ1) is 11.5. The van der Waals surface area contributed by atoms with Gasteiger partial charge in [0.05, 0.1) is 7.11 Å². The number of carbonyl (C=O) groups excluding carboxylic acids is 1. The molecule has 0 fully saturated rings. The maximum Gasteiger partial charge on any atom is 0.321 e. The van der Waals surface area contributed by atoms with E-state index in [-0.39, 0.29) is 6.03 Å². The molecule has 0 aliphatic carbocycles. The summed E-state index contributed by atoms with van der Waals surface area (Å²) in [5.41, 5.74) is 3.07. The summed E-state index contributed by atoms with van der Waals surface area (Å²) in [4.78, 5) is 16.1. The van der Waals surface area contributed by atoms with Gasteiger partial charge in [-0.15, -0.1) is 0 Å². The molecule has 2 rings (SSSR count). The van der Waals surface area contributed by atoms with Crippen LogP contribution in [0.1, 0.15) is 11.1 Å². The first-order valence-electron chi connectivity index (χ1n) is 7.86. The number of ether oxygens (including phenoxy) is 1. The van der Waals surface area contributed by atoms with E-state index in [1.807, 2.05) is 32.3 Å². The molecule has 0 aromatic heterocycles. The maximum atomic E-state index is 12.3. The molecule has 128 valence electrons. The molecule has 2 aromatic carbocycles. The van der Waals surface area contributed by atoms with Crippen LogP contribution in [0.15, 0.2) is 48.5 Å². The van der Waals surface area contributed by atoms with Gasteiger partial charge in [0, 0.05) is 31.9 Å². The number of amides is 2. The van der Waals surface area contributed by atoms with E-state index in [0.29, 0.717) is 18.0 Å². The monoisotopic (exact) mass is 327 g/mol. The van der Waals surface area contributed by atoms with Crippen LogP contribution in [0.3, 0.4) is 0 Å². The lowest BCUT2D eigenvalue weighted by Gasteiger charge is -2.19. The summed E-state index contributed by atoms with van der Waals surface area (Å²) >= 11 is 0. The normalized spacial score (nSPS) is 10.5. The van der Waals surface area contributed by atoms with E-state index < -0.39 is 0 Å². The Labute approximate surface area is 143 Å². The Kier molecular flexibility index (Phi) is 6.21. The first-order valence-corrected chi connectivity index (χ1v) is 7.86. The van der Waals surface area contributed by atoms with Crippen molar-refractivity contribution >= 4 is 11.7 Å². The highest BCUT2D eigenvalue weighted by Gasteiger charge is 2.10. The third-order valence-electron chi connectivity index (χ3n) is 3.61. The molecule has 5 nitrogen and oxygen atoms in total. The molecule has 0 saturated carbocycles. The van der Waals surface area contributed by atoms with Gasteiger partial charge in [0.1, 0.15) is 5.75 Å². The van der Waals surface area contributed by atoms with Crippen LogP contribution in [-0.2, 0) is 13.1 Å². The summed E-state index contributed by atoms with van der Waals surface area (Å²) < 4.78 is 5.16. The Morgan fingerprint density at radius 2 is 1.62 bits per heavy atom. The molecule has 0 radical (unpaired) electrons. The summed E-state index contributed by atoms with van der Waals surface area (Å²) in [5, 5.41) is 2.87. The van der Waals surface area contributed by atoms with Gasteiger partial charge in [-0.25, -0.2) is 4.79 Å². The fourth-order valence-electron chi connectivity index (χ4n) is 2.38. The van der Waals surface area contributed by atoms with E-state index in [1.54, 1.807) is 25.1 Å². The fraction of sp³-hybridized carbons (Fsp3) is 0.316. The Bertz CT molecular complexity index is 669. The van der Waals surface area contributed by atoms with Crippen molar-refractivity contribution in [3.8, 4) is 5.75 Å². The number of urea groups is 1. The van der Waals surface area contributed by atoms with Gasteiger partial charge in [-0.2, -0.15) is 0 Å². The maximum absolute atomic E-state index is 12.3. The lowest BCUT2D eigenvalue weighted by atomic mass is 10.1. The van der Waals surface area contributed by atoms with Crippen molar-refractivity contribution in [2.24, 2.45) is 0 Å². The molecule has 0 aliphatic heterocycles. The molecule has 24 heavy (non-hydrogen) atoms. The predicted molar refractivity (Wildman–Crippen MR) is 97.3 cm³/mol. The highest BCUT2D eigenvalue weighted by Crippen LogP contribution is 2.17. The van der Waals surface area contributed by atoms with Crippen molar-refractivity contribution in [1.29, 1.82) is 0 Å². The number of nitrogens with one attached hydrogen (secondary N) is 1. The number of benzene rings is 2. The molecule has 2 amide bonds. The first kappa shape index (κ1) is 17.8. The number of nitrogens with zero attached hydrogens (tertiary/aromatic N) is 2. The third kappa shape index (κ3) is 5.28. The molecule has 5 heteroatoms. The summed E-state index contributed by atoms with van der Waals surface area (Å²) in [7, 11) is 7.48. The van der Waals surface area contributed by atoms with Gasteiger partial charge in [0.15, 0.2) is 0 Å². The van der Waals surface area contributed by atoms with E-state index >= 15 is 0 Å². The van der Waals surface area contributed by atoms with Crippen molar-refractivity contribution in [3.63, 3.8) is 0 Å². The number of hydrogen-bond donors (Lipinski definition) is 1. The average molecular weight is 327 g/mol. The summed E-state index contributed by atoms with van der Waals surface area (Å²) in [5.74, 6) is 0.715.